The Kier molecular flexibility index (Phi) is 5.29. The Morgan fingerprint density at radius 3 is 2.13 bits per heavy atom. The largest absolute Gasteiger partial charge is 0.496 e. The third-order valence-corrected chi connectivity index (χ3v) is 4.68. The van der Waals surface area contributed by atoms with Crippen LogP contribution in [0.2, 0.25) is 0 Å². The van der Waals surface area contributed by atoms with E-state index in [1.165, 1.54) is 0 Å². The predicted octanol–water partition coefficient (Wildman–Crippen LogP) is 2.31. The molecule has 1 fully saturated rings. The van der Waals surface area contributed by atoms with Gasteiger partial charge in [-0.1, -0.05) is 6.92 Å². The van der Waals surface area contributed by atoms with E-state index in [1.807, 2.05) is 43.6 Å². The number of piperazine rings is 1. The normalized spacial score (nSPS) is 14.8. The number of hydrogen-bond acceptors (Lipinski definition) is 3. The lowest BCUT2D eigenvalue weighted by Crippen LogP contribution is -2.50. The minimum absolute atomic E-state index is 0.0416. The molecule has 0 saturated carbocycles. The van der Waals surface area contributed by atoms with Gasteiger partial charge in [0.25, 0.3) is 5.91 Å². The number of aryl methyl sites for hydroxylation is 1. The second-order valence-electron chi connectivity index (χ2n) is 6.05. The second-order valence-corrected chi connectivity index (χ2v) is 6.05. The van der Waals surface area contributed by atoms with Gasteiger partial charge in [-0.05, 0) is 43.5 Å². The van der Waals surface area contributed by atoms with Crippen molar-refractivity contribution in [2.24, 2.45) is 0 Å². The maximum atomic E-state index is 12.9. The Balaban J connectivity index is 2.18. The van der Waals surface area contributed by atoms with Crippen LogP contribution in [0, 0.1) is 20.8 Å². The van der Waals surface area contributed by atoms with Crippen LogP contribution in [-0.2, 0) is 4.79 Å². The molecule has 5 heteroatoms. The molecule has 1 aromatic carbocycles. The molecule has 1 aliphatic heterocycles. The third kappa shape index (κ3) is 3.33. The van der Waals surface area contributed by atoms with E-state index in [2.05, 4.69) is 0 Å². The van der Waals surface area contributed by atoms with Gasteiger partial charge < -0.3 is 14.5 Å². The molecule has 2 rings (SSSR count). The van der Waals surface area contributed by atoms with Crippen molar-refractivity contribution < 1.29 is 14.3 Å². The lowest BCUT2D eigenvalue weighted by Gasteiger charge is -2.35. The molecule has 0 radical (unpaired) electrons. The number of benzene rings is 1. The van der Waals surface area contributed by atoms with E-state index in [1.54, 1.807) is 7.11 Å². The molecule has 1 saturated heterocycles. The van der Waals surface area contributed by atoms with Crippen LogP contribution in [0.25, 0.3) is 0 Å². The van der Waals surface area contributed by atoms with Crippen molar-refractivity contribution in [1.29, 1.82) is 0 Å². The third-order valence-electron chi connectivity index (χ3n) is 4.68. The Labute approximate surface area is 138 Å². The van der Waals surface area contributed by atoms with E-state index in [-0.39, 0.29) is 11.8 Å². The summed E-state index contributed by atoms with van der Waals surface area (Å²) in [5.41, 5.74) is 3.68. The Bertz CT molecular complexity index is 617. The fraction of sp³-hybridized carbons (Fsp3) is 0.556. The van der Waals surface area contributed by atoms with Crippen molar-refractivity contribution in [3.63, 3.8) is 0 Å². The van der Waals surface area contributed by atoms with E-state index in [4.69, 9.17) is 4.74 Å². The molecule has 1 aromatic rings. The molecule has 23 heavy (non-hydrogen) atoms. The zero-order valence-electron chi connectivity index (χ0n) is 14.7. The van der Waals surface area contributed by atoms with Gasteiger partial charge in [0.2, 0.25) is 5.91 Å². The van der Waals surface area contributed by atoms with Gasteiger partial charge in [0.15, 0.2) is 0 Å². The van der Waals surface area contributed by atoms with Crippen LogP contribution in [0.5, 0.6) is 5.75 Å². The monoisotopic (exact) mass is 318 g/mol. The Morgan fingerprint density at radius 2 is 1.61 bits per heavy atom. The minimum Gasteiger partial charge on any atom is -0.496 e. The van der Waals surface area contributed by atoms with Crippen LogP contribution in [0.4, 0.5) is 0 Å². The highest BCUT2D eigenvalue weighted by Crippen LogP contribution is 2.29. The first-order valence-electron chi connectivity index (χ1n) is 8.12. The van der Waals surface area contributed by atoms with Gasteiger partial charge in [-0.25, -0.2) is 0 Å². The number of amides is 2. The van der Waals surface area contributed by atoms with Crippen LogP contribution in [0.3, 0.4) is 0 Å². The highest BCUT2D eigenvalue weighted by molar-refractivity contribution is 5.96. The molecule has 0 unspecified atom stereocenters. The summed E-state index contributed by atoms with van der Waals surface area (Å²) >= 11 is 0. The first-order chi connectivity index (χ1) is 10.9. The van der Waals surface area contributed by atoms with Gasteiger partial charge in [0, 0.05) is 38.2 Å². The number of rotatable bonds is 3. The van der Waals surface area contributed by atoms with E-state index in [0.717, 1.165) is 28.0 Å². The number of methoxy groups -OCH3 is 1. The molecule has 0 bridgehead atoms. The molecular weight excluding hydrogens is 292 g/mol. The molecule has 0 N–H and O–H groups in total. The van der Waals surface area contributed by atoms with Gasteiger partial charge in [0.1, 0.15) is 5.75 Å². The summed E-state index contributed by atoms with van der Waals surface area (Å²) < 4.78 is 5.42. The van der Waals surface area contributed by atoms with E-state index in [0.29, 0.717) is 32.6 Å². The van der Waals surface area contributed by atoms with E-state index < -0.39 is 0 Å². The predicted molar refractivity (Wildman–Crippen MR) is 90.0 cm³/mol. The molecule has 0 aliphatic carbocycles. The standard InChI is InChI=1S/C18H26N2O3/c1-6-16(21)19-7-9-20(10-8-19)18(22)15-11-12(2)17(23-5)14(4)13(15)3/h11H,6-10H2,1-5H3. The molecule has 5 nitrogen and oxygen atoms in total. The van der Waals surface area contributed by atoms with Gasteiger partial charge >= 0.3 is 0 Å². The number of hydrogen-bond donors (Lipinski definition) is 0. The summed E-state index contributed by atoms with van der Waals surface area (Å²) in [5.74, 6) is 1.04. The first-order valence-corrected chi connectivity index (χ1v) is 8.12. The number of carbonyl (C=O) groups is 2. The topological polar surface area (TPSA) is 49.9 Å². The van der Waals surface area contributed by atoms with Crippen molar-refractivity contribution in [2.45, 2.75) is 34.1 Å². The molecule has 0 spiro atoms. The molecule has 1 heterocycles. The molecule has 0 atom stereocenters. The number of carbonyl (C=O) groups excluding carboxylic acids is 2. The summed E-state index contributed by atoms with van der Waals surface area (Å²) in [7, 11) is 1.65. The molecule has 0 aromatic heterocycles. The maximum absolute atomic E-state index is 12.9. The van der Waals surface area contributed by atoms with Crippen molar-refractivity contribution in [3.8, 4) is 5.75 Å². The van der Waals surface area contributed by atoms with Gasteiger partial charge in [-0.15, -0.1) is 0 Å². The Hall–Kier alpha value is -2.04. The highest BCUT2D eigenvalue weighted by Gasteiger charge is 2.26. The van der Waals surface area contributed by atoms with Crippen molar-refractivity contribution >= 4 is 11.8 Å². The van der Waals surface area contributed by atoms with Crippen LogP contribution < -0.4 is 4.74 Å². The fourth-order valence-corrected chi connectivity index (χ4v) is 3.15. The average Bonchev–Trinajstić information content (AvgIpc) is 2.57. The molecule has 2 amide bonds. The maximum Gasteiger partial charge on any atom is 0.254 e. The lowest BCUT2D eigenvalue weighted by molar-refractivity contribution is -0.132. The summed E-state index contributed by atoms with van der Waals surface area (Å²) in [4.78, 5) is 28.3. The van der Waals surface area contributed by atoms with Crippen LogP contribution in [0.1, 0.15) is 40.4 Å². The average molecular weight is 318 g/mol. The quantitative estimate of drug-likeness (QED) is 0.859. The smallest absolute Gasteiger partial charge is 0.254 e. The minimum atomic E-state index is 0.0416. The summed E-state index contributed by atoms with van der Waals surface area (Å²) in [6, 6.07) is 1.91. The summed E-state index contributed by atoms with van der Waals surface area (Å²) in [6.45, 7) is 10.2. The number of nitrogens with zero attached hydrogens (tertiary/aromatic N) is 2. The van der Waals surface area contributed by atoms with Crippen LogP contribution in [-0.4, -0.2) is 54.9 Å². The van der Waals surface area contributed by atoms with Gasteiger partial charge in [-0.3, -0.25) is 9.59 Å². The summed E-state index contributed by atoms with van der Waals surface area (Å²) in [5, 5.41) is 0. The zero-order valence-corrected chi connectivity index (χ0v) is 14.7. The van der Waals surface area contributed by atoms with Crippen molar-refractivity contribution in [3.05, 3.63) is 28.3 Å². The van der Waals surface area contributed by atoms with Crippen molar-refractivity contribution in [1.82, 2.24) is 9.80 Å². The van der Waals surface area contributed by atoms with Crippen LogP contribution in [0.15, 0.2) is 6.07 Å². The molecular formula is C18H26N2O3. The highest BCUT2D eigenvalue weighted by atomic mass is 16.5. The van der Waals surface area contributed by atoms with E-state index >= 15 is 0 Å². The fourth-order valence-electron chi connectivity index (χ4n) is 3.15. The van der Waals surface area contributed by atoms with Crippen molar-refractivity contribution in [2.75, 3.05) is 33.3 Å². The van der Waals surface area contributed by atoms with Gasteiger partial charge in [-0.2, -0.15) is 0 Å². The second kappa shape index (κ2) is 7.02. The van der Waals surface area contributed by atoms with E-state index in [9.17, 15) is 9.59 Å². The number of ether oxygens (including phenoxy) is 1. The molecule has 126 valence electrons. The first kappa shape index (κ1) is 17.3. The van der Waals surface area contributed by atoms with Gasteiger partial charge in [0.05, 0.1) is 7.11 Å². The van der Waals surface area contributed by atoms with Crippen LogP contribution >= 0.6 is 0 Å². The molecule has 1 aliphatic rings. The lowest BCUT2D eigenvalue weighted by atomic mass is 9.97. The summed E-state index contributed by atoms with van der Waals surface area (Å²) in [6.07, 6.45) is 0.518. The SMILES string of the molecule is CCC(=O)N1CCN(C(=O)c2cc(C)c(OC)c(C)c2C)CC1. The Morgan fingerprint density at radius 1 is 1.04 bits per heavy atom. The zero-order chi connectivity index (χ0) is 17.1.